The average molecular weight is 402 g/mol. The molecular weight excluding hydrogens is 374 g/mol. The maximum Gasteiger partial charge on any atom is 0.214 e. The first-order valence-corrected chi connectivity index (χ1v) is 12.6. The molecule has 0 saturated carbocycles. The van der Waals surface area contributed by atoms with Gasteiger partial charge in [-0.3, -0.25) is 0 Å². The van der Waals surface area contributed by atoms with E-state index >= 15 is 0 Å². The summed E-state index contributed by atoms with van der Waals surface area (Å²) in [6.07, 6.45) is 2.66. The van der Waals surface area contributed by atoms with E-state index in [0.717, 1.165) is 5.56 Å². The summed E-state index contributed by atoms with van der Waals surface area (Å²) in [5.41, 5.74) is 1.11. The fourth-order valence-electron chi connectivity index (χ4n) is 3.72. The van der Waals surface area contributed by atoms with Crippen LogP contribution in [0.3, 0.4) is 0 Å². The van der Waals surface area contributed by atoms with E-state index in [9.17, 15) is 16.8 Å². The highest BCUT2D eigenvalue weighted by molar-refractivity contribution is 7.91. The van der Waals surface area contributed by atoms with Gasteiger partial charge in [-0.2, -0.15) is 0 Å². The van der Waals surface area contributed by atoms with Crippen LogP contribution >= 0.6 is 0 Å². The molecule has 0 amide bonds. The maximum absolute atomic E-state index is 12.6. The summed E-state index contributed by atoms with van der Waals surface area (Å²) in [6.45, 7) is 1.43. The summed E-state index contributed by atoms with van der Waals surface area (Å²) >= 11 is 0. The second-order valence-electron chi connectivity index (χ2n) is 7.30. The third-order valence-corrected chi connectivity index (χ3v) is 9.06. The molecule has 2 fully saturated rings. The number of benzene rings is 1. The Morgan fingerprint density at radius 3 is 2.42 bits per heavy atom. The van der Waals surface area contributed by atoms with Crippen molar-refractivity contribution in [3.63, 3.8) is 0 Å². The molecule has 0 spiro atoms. The molecule has 0 radical (unpaired) electrons. The van der Waals surface area contributed by atoms with E-state index in [4.69, 9.17) is 4.74 Å². The van der Waals surface area contributed by atoms with Crippen LogP contribution in [0.2, 0.25) is 0 Å². The molecule has 0 aliphatic carbocycles. The predicted octanol–water partition coefficient (Wildman–Crippen LogP) is 1.82. The van der Waals surface area contributed by atoms with E-state index < -0.39 is 19.9 Å². The van der Waals surface area contributed by atoms with Gasteiger partial charge in [-0.05, 0) is 37.2 Å². The number of piperidine rings is 1. The van der Waals surface area contributed by atoms with Crippen LogP contribution in [0.5, 0.6) is 0 Å². The smallest absolute Gasteiger partial charge is 0.214 e. The quantitative estimate of drug-likeness (QED) is 0.726. The minimum atomic E-state index is -3.41. The van der Waals surface area contributed by atoms with E-state index in [1.54, 1.807) is 0 Å². The monoisotopic (exact) mass is 401 g/mol. The fraction of sp³-hybridized carbons (Fsp3) is 0.667. The minimum absolute atomic E-state index is 0.00286. The zero-order valence-corrected chi connectivity index (χ0v) is 16.6. The highest BCUT2D eigenvalue weighted by Crippen LogP contribution is 2.24. The SMILES string of the molecule is O=S1(=O)CCCC(CS(=O)(=O)N2CCC(OCc3ccccc3)CC2)C1. The van der Waals surface area contributed by atoms with Crippen molar-refractivity contribution in [2.75, 3.05) is 30.3 Å². The van der Waals surface area contributed by atoms with Crippen LogP contribution in [-0.2, 0) is 31.2 Å². The van der Waals surface area contributed by atoms with Crippen LogP contribution in [-0.4, -0.2) is 57.6 Å². The van der Waals surface area contributed by atoms with Crippen LogP contribution in [0.15, 0.2) is 30.3 Å². The first-order chi connectivity index (χ1) is 12.3. The van der Waals surface area contributed by atoms with E-state index in [0.29, 0.717) is 45.4 Å². The Bertz CT molecular complexity index is 784. The van der Waals surface area contributed by atoms with Crippen molar-refractivity contribution in [3.05, 3.63) is 35.9 Å². The summed E-state index contributed by atoms with van der Waals surface area (Å²) in [6, 6.07) is 9.93. The summed E-state index contributed by atoms with van der Waals surface area (Å²) in [4.78, 5) is 0. The van der Waals surface area contributed by atoms with Crippen LogP contribution in [0, 0.1) is 5.92 Å². The van der Waals surface area contributed by atoms with Gasteiger partial charge in [0.05, 0.1) is 30.0 Å². The molecule has 6 nitrogen and oxygen atoms in total. The number of nitrogens with zero attached hydrogens (tertiary/aromatic N) is 1. The second kappa shape index (κ2) is 8.37. The lowest BCUT2D eigenvalue weighted by molar-refractivity contribution is 0.0102. The van der Waals surface area contributed by atoms with Crippen molar-refractivity contribution in [3.8, 4) is 0 Å². The van der Waals surface area contributed by atoms with E-state index in [1.807, 2.05) is 30.3 Å². The Morgan fingerprint density at radius 1 is 1.08 bits per heavy atom. The molecule has 2 saturated heterocycles. The zero-order valence-electron chi connectivity index (χ0n) is 14.9. The normalized spacial score (nSPS) is 25.2. The van der Waals surface area contributed by atoms with E-state index in [2.05, 4.69) is 0 Å². The topological polar surface area (TPSA) is 80.8 Å². The molecule has 8 heteroatoms. The molecule has 0 aromatic heterocycles. The Kier molecular flexibility index (Phi) is 6.37. The predicted molar refractivity (Wildman–Crippen MR) is 101 cm³/mol. The van der Waals surface area contributed by atoms with Crippen molar-refractivity contribution >= 4 is 19.9 Å². The first kappa shape index (κ1) is 19.8. The third kappa shape index (κ3) is 5.52. The van der Waals surface area contributed by atoms with Crippen LogP contribution in [0.4, 0.5) is 0 Å². The van der Waals surface area contributed by atoms with Gasteiger partial charge >= 0.3 is 0 Å². The highest BCUT2D eigenvalue weighted by atomic mass is 32.2. The summed E-state index contributed by atoms with van der Waals surface area (Å²) in [7, 11) is -6.49. The number of ether oxygens (including phenoxy) is 1. The zero-order chi connectivity index (χ0) is 18.6. The van der Waals surface area contributed by atoms with Gasteiger partial charge in [0.1, 0.15) is 0 Å². The highest BCUT2D eigenvalue weighted by Gasteiger charge is 2.33. The Morgan fingerprint density at radius 2 is 1.77 bits per heavy atom. The van der Waals surface area contributed by atoms with Gasteiger partial charge in [0, 0.05) is 13.1 Å². The number of hydrogen-bond acceptors (Lipinski definition) is 5. The van der Waals surface area contributed by atoms with Crippen LogP contribution in [0.1, 0.15) is 31.2 Å². The van der Waals surface area contributed by atoms with E-state index in [1.165, 1.54) is 4.31 Å². The summed E-state index contributed by atoms with van der Waals surface area (Å²) < 4.78 is 56.2. The molecule has 26 heavy (non-hydrogen) atoms. The van der Waals surface area contributed by atoms with Crippen molar-refractivity contribution in [2.24, 2.45) is 5.92 Å². The Labute approximate surface area is 156 Å². The van der Waals surface area contributed by atoms with Crippen LogP contribution in [0.25, 0.3) is 0 Å². The lowest BCUT2D eigenvalue weighted by atomic mass is 10.1. The number of hydrogen-bond donors (Lipinski definition) is 0. The van der Waals surface area contributed by atoms with Crippen molar-refractivity contribution in [1.82, 2.24) is 4.31 Å². The largest absolute Gasteiger partial charge is 0.373 e. The lowest BCUT2D eigenvalue weighted by Crippen LogP contribution is -2.44. The van der Waals surface area contributed by atoms with Gasteiger partial charge in [0.25, 0.3) is 0 Å². The molecule has 2 aliphatic rings. The van der Waals surface area contributed by atoms with Gasteiger partial charge in [-0.1, -0.05) is 30.3 Å². The van der Waals surface area contributed by atoms with Crippen molar-refractivity contribution in [2.45, 2.75) is 38.4 Å². The molecule has 1 atom stereocenters. The van der Waals surface area contributed by atoms with Crippen molar-refractivity contribution < 1.29 is 21.6 Å². The molecule has 0 bridgehead atoms. The maximum atomic E-state index is 12.6. The number of rotatable bonds is 6. The Hall–Kier alpha value is -0.960. The summed E-state index contributed by atoms with van der Waals surface area (Å²) in [5, 5.41) is 0. The molecule has 146 valence electrons. The lowest BCUT2D eigenvalue weighted by Gasteiger charge is -2.32. The van der Waals surface area contributed by atoms with Crippen LogP contribution < -0.4 is 0 Å². The van der Waals surface area contributed by atoms with E-state index in [-0.39, 0.29) is 29.3 Å². The molecule has 2 heterocycles. The molecule has 1 unspecified atom stereocenters. The molecule has 3 rings (SSSR count). The fourth-order valence-corrected chi connectivity index (χ4v) is 7.50. The molecule has 0 N–H and O–H groups in total. The number of sulfone groups is 1. The third-order valence-electron chi connectivity index (χ3n) is 5.13. The number of sulfonamides is 1. The molecule has 2 aliphatic heterocycles. The Balaban J connectivity index is 1.47. The molecule has 1 aromatic carbocycles. The minimum Gasteiger partial charge on any atom is -0.373 e. The average Bonchev–Trinajstić information content (AvgIpc) is 2.60. The first-order valence-electron chi connectivity index (χ1n) is 9.18. The molecule has 1 aromatic rings. The standard InChI is InChI=1S/C18H27NO5S2/c20-25(21)12-4-7-17(14-25)15-26(22,23)19-10-8-18(9-11-19)24-13-16-5-2-1-3-6-16/h1-3,5-6,17-18H,4,7-15H2. The summed E-state index contributed by atoms with van der Waals surface area (Å²) in [5.74, 6) is -0.135. The van der Waals surface area contributed by atoms with Gasteiger partial charge < -0.3 is 4.74 Å². The van der Waals surface area contributed by atoms with Gasteiger partial charge in [-0.15, -0.1) is 0 Å². The van der Waals surface area contributed by atoms with Gasteiger partial charge in [-0.25, -0.2) is 21.1 Å². The van der Waals surface area contributed by atoms with Gasteiger partial charge in [0.15, 0.2) is 9.84 Å². The second-order valence-corrected chi connectivity index (χ2v) is 11.5. The van der Waals surface area contributed by atoms with Gasteiger partial charge in [0.2, 0.25) is 10.0 Å². The molecular formula is C18H27NO5S2. The van der Waals surface area contributed by atoms with Crippen molar-refractivity contribution in [1.29, 1.82) is 0 Å².